The van der Waals surface area contributed by atoms with E-state index in [9.17, 15) is 9.59 Å². The van der Waals surface area contributed by atoms with Crippen LogP contribution < -0.4 is 11.1 Å². The van der Waals surface area contributed by atoms with Gasteiger partial charge in [-0.15, -0.1) is 0 Å². The first kappa shape index (κ1) is 15.8. The average molecular weight is 296 g/mol. The molecule has 2 aromatic carbocycles. The first-order valence-corrected chi connectivity index (χ1v) is 7.28. The van der Waals surface area contributed by atoms with Crippen molar-refractivity contribution in [1.82, 2.24) is 5.32 Å². The average Bonchev–Trinajstić information content (AvgIpc) is 2.53. The van der Waals surface area contributed by atoms with Gasteiger partial charge >= 0.3 is 0 Å². The van der Waals surface area contributed by atoms with E-state index in [-0.39, 0.29) is 11.9 Å². The summed E-state index contributed by atoms with van der Waals surface area (Å²) in [5.41, 5.74) is 8.36. The number of aryl methyl sites for hydroxylation is 1. The van der Waals surface area contributed by atoms with E-state index in [0.717, 1.165) is 12.0 Å². The van der Waals surface area contributed by atoms with Crippen LogP contribution in [0, 0.1) is 6.92 Å². The number of amides is 2. The van der Waals surface area contributed by atoms with Crippen molar-refractivity contribution in [2.75, 3.05) is 0 Å². The Labute approximate surface area is 130 Å². The van der Waals surface area contributed by atoms with E-state index in [1.807, 2.05) is 38.1 Å². The lowest BCUT2D eigenvalue weighted by atomic mass is 10.0. The van der Waals surface area contributed by atoms with Crippen molar-refractivity contribution in [2.45, 2.75) is 26.3 Å². The van der Waals surface area contributed by atoms with Gasteiger partial charge in [0, 0.05) is 11.1 Å². The summed E-state index contributed by atoms with van der Waals surface area (Å²) < 4.78 is 0. The molecule has 0 fully saturated rings. The topological polar surface area (TPSA) is 72.2 Å². The van der Waals surface area contributed by atoms with E-state index in [1.165, 1.54) is 5.56 Å². The van der Waals surface area contributed by atoms with E-state index >= 15 is 0 Å². The molecule has 2 rings (SSSR count). The van der Waals surface area contributed by atoms with Gasteiger partial charge < -0.3 is 11.1 Å². The van der Waals surface area contributed by atoms with E-state index in [2.05, 4.69) is 5.32 Å². The minimum Gasteiger partial charge on any atom is -0.366 e. The maximum atomic E-state index is 12.3. The fourth-order valence-electron chi connectivity index (χ4n) is 2.25. The predicted octanol–water partition coefficient (Wildman–Crippen LogP) is 2.98. The highest BCUT2D eigenvalue weighted by molar-refractivity contribution is 5.97. The summed E-state index contributed by atoms with van der Waals surface area (Å²) in [6, 6.07) is 14.4. The number of nitrogens with two attached hydrogens (primary N) is 1. The Morgan fingerprint density at radius 2 is 1.55 bits per heavy atom. The van der Waals surface area contributed by atoms with Crippen LogP contribution in [-0.4, -0.2) is 11.8 Å². The number of primary amides is 1. The molecule has 2 amide bonds. The molecule has 0 spiro atoms. The van der Waals surface area contributed by atoms with Gasteiger partial charge in [0.05, 0.1) is 6.04 Å². The second-order valence-corrected chi connectivity index (χ2v) is 5.29. The molecule has 0 aliphatic carbocycles. The Morgan fingerprint density at radius 3 is 2.05 bits per heavy atom. The Balaban J connectivity index is 2.11. The number of carbonyl (C=O) groups excluding carboxylic acids is 2. The number of hydrogen-bond acceptors (Lipinski definition) is 2. The van der Waals surface area contributed by atoms with E-state index < -0.39 is 5.91 Å². The van der Waals surface area contributed by atoms with Gasteiger partial charge in [-0.3, -0.25) is 9.59 Å². The number of nitrogens with one attached hydrogen (secondary N) is 1. The molecule has 3 N–H and O–H groups in total. The van der Waals surface area contributed by atoms with Crippen LogP contribution in [0.1, 0.15) is 51.2 Å². The molecular formula is C18H20N2O2. The second-order valence-electron chi connectivity index (χ2n) is 5.29. The van der Waals surface area contributed by atoms with Crippen LogP contribution in [0.5, 0.6) is 0 Å². The zero-order chi connectivity index (χ0) is 16.1. The molecule has 1 atom stereocenters. The SMILES string of the molecule is CCC(NC(=O)c1ccc(C(N)=O)cc1)c1ccc(C)cc1. The lowest BCUT2D eigenvalue weighted by Gasteiger charge is -2.18. The summed E-state index contributed by atoms with van der Waals surface area (Å²) in [6.45, 7) is 4.06. The van der Waals surface area contributed by atoms with Crippen molar-refractivity contribution >= 4 is 11.8 Å². The summed E-state index contributed by atoms with van der Waals surface area (Å²) in [6.07, 6.45) is 0.800. The number of rotatable bonds is 5. The smallest absolute Gasteiger partial charge is 0.251 e. The van der Waals surface area contributed by atoms with Crippen molar-refractivity contribution in [2.24, 2.45) is 5.73 Å². The first-order valence-electron chi connectivity index (χ1n) is 7.28. The van der Waals surface area contributed by atoms with Gasteiger partial charge in [0.25, 0.3) is 5.91 Å². The normalized spacial score (nSPS) is 11.7. The largest absolute Gasteiger partial charge is 0.366 e. The molecule has 4 heteroatoms. The summed E-state index contributed by atoms with van der Waals surface area (Å²) in [7, 11) is 0. The Bertz CT molecular complexity index is 660. The van der Waals surface area contributed by atoms with Gasteiger partial charge in [0.15, 0.2) is 0 Å². The monoisotopic (exact) mass is 296 g/mol. The van der Waals surface area contributed by atoms with Crippen LogP contribution in [0.3, 0.4) is 0 Å². The molecule has 0 saturated carbocycles. The third-order valence-corrected chi connectivity index (χ3v) is 3.62. The Hall–Kier alpha value is -2.62. The number of benzene rings is 2. The van der Waals surface area contributed by atoms with Crippen molar-refractivity contribution in [3.8, 4) is 0 Å². The molecule has 1 unspecified atom stereocenters. The molecular weight excluding hydrogens is 276 g/mol. The molecule has 0 aliphatic heterocycles. The third kappa shape index (κ3) is 3.73. The molecule has 0 radical (unpaired) electrons. The molecule has 4 nitrogen and oxygen atoms in total. The van der Waals surface area contributed by atoms with E-state index in [4.69, 9.17) is 5.73 Å². The quantitative estimate of drug-likeness (QED) is 0.890. The maximum absolute atomic E-state index is 12.3. The van der Waals surface area contributed by atoms with Crippen LogP contribution in [0.15, 0.2) is 48.5 Å². The van der Waals surface area contributed by atoms with Crippen LogP contribution in [0.2, 0.25) is 0 Å². The van der Waals surface area contributed by atoms with Crippen LogP contribution in [-0.2, 0) is 0 Å². The Morgan fingerprint density at radius 1 is 1.00 bits per heavy atom. The molecule has 0 saturated heterocycles. The zero-order valence-electron chi connectivity index (χ0n) is 12.8. The predicted molar refractivity (Wildman–Crippen MR) is 86.6 cm³/mol. The fourth-order valence-corrected chi connectivity index (χ4v) is 2.25. The van der Waals surface area contributed by atoms with E-state index in [0.29, 0.717) is 11.1 Å². The van der Waals surface area contributed by atoms with Crippen LogP contribution in [0.25, 0.3) is 0 Å². The van der Waals surface area contributed by atoms with Gasteiger partial charge in [0.1, 0.15) is 0 Å². The lowest BCUT2D eigenvalue weighted by molar-refractivity contribution is 0.0933. The first-order chi connectivity index (χ1) is 10.5. The molecule has 0 aromatic heterocycles. The van der Waals surface area contributed by atoms with E-state index in [1.54, 1.807) is 24.3 Å². The fraction of sp³-hybridized carbons (Fsp3) is 0.222. The number of hydrogen-bond donors (Lipinski definition) is 2. The minimum absolute atomic E-state index is 0.0380. The van der Waals surface area contributed by atoms with Gasteiger partial charge in [-0.25, -0.2) is 0 Å². The third-order valence-electron chi connectivity index (χ3n) is 3.62. The highest BCUT2D eigenvalue weighted by atomic mass is 16.2. The van der Waals surface area contributed by atoms with Crippen molar-refractivity contribution < 1.29 is 9.59 Å². The van der Waals surface area contributed by atoms with Gasteiger partial charge in [-0.2, -0.15) is 0 Å². The molecule has 0 bridgehead atoms. The maximum Gasteiger partial charge on any atom is 0.251 e. The summed E-state index contributed by atoms with van der Waals surface area (Å²) in [4.78, 5) is 23.3. The van der Waals surface area contributed by atoms with Crippen molar-refractivity contribution in [1.29, 1.82) is 0 Å². The Kier molecular flexibility index (Phi) is 4.94. The number of carbonyl (C=O) groups is 2. The molecule has 22 heavy (non-hydrogen) atoms. The van der Waals surface area contributed by atoms with Gasteiger partial charge in [0.2, 0.25) is 5.91 Å². The summed E-state index contributed by atoms with van der Waals surface area (Å²) in [5.74, 6) is -0.665. The molecule has 0 heterocycles. The summed E-state index contributed by atoms with van der Waals surface area (Å²) in [5, 5.41) is 3.01. The molecule has 114 valence electrons. The van der Waals surface area contributed by atoms with Crippen molar-refractivity contribution in [3.63, 3.8) is 0 Å². The summed E-state index contributed by atoms with van der Waals surface area (Å²) >= 11 is 0. The highest BCUT2D eigenvalue weighted by Gasteiger charge is 2.14. The van der Waals surface area contributed by atoms with Crippen molar-refractivity contribution in [3.05, 3.63) is 70.8 Å². The van der Waals surface area contributed by atoms with Gasteiger partial charge in [-0.1, -0.05) is 36.8 Å². The minimum atomic E-state index is -0.502. The van der Waals surface area contributed by atoms with Crippen LogP contribution >= 0.6 is 0 Å². The highest BCUT2D eigenvalue weighted by Crippen LogP contribution is 2.18. The molecule has 2 aromatic rings. The zero-order valence-corrected chi connectivity index (χ0v) is 12.8. The molecule has 0 aliphatic rings. The second kappa shape index (κ2) is 6.89. The van der Waals surface area contributed by atoms with Crippen LogP contribution in [0.4, 0.5) is 0 Å². The van der Waals surface area contributed by atoms with Gasteiger partial charge in [-0.05, 0) is 43.2 Å². The standard InChI is InChI=1S/C18H20N2O2/c1-3-16(13-6-4-12(2)5-7-13)20-18(22)15-10-8-14(9-11-15)17(19)21/h4-11,16H,3H2,1-2H3,(H2,19,21)(H,20,22). The lowest BCUT2D eigenvalue weighted by Crippen LogP contribution is -2.28.